The number of ketones is 2. The third-order valence-corrected chi connectivity index (χ3v) is 5.86. The number of rotatable bonds is 6. The minimum atomic E-state index is -0.123. The van der Waals surface area contributed by atoms with Crippen LogP contribution in [0.5, 0.6) is 17.2 Å². The standard InChI is InChI=1S/C19H14O2.C14H12O3/c20-18-12-10-17(11-13-18)19(21)16-8-6-15(7-9-16)14-4-2-1-3-5-14;1-17-13-5-3-2-4-12(13)14(16)10-6-8-11(15)9-7-10/h1-13,20H;2-9,15H,1H3. The number of hydrogen-bond acceptors (Lipinski definition) is 5. The molecule has 0 heterocycles. The van der Waals surface area contributed by atoms with Crippen LogP contribution in [0.25, 0.3) is 11.1 Å². The van der Waals surface area contributed by atoms with Gasteiger partial charge in [0.2, 0.25) is 0 Å². The van der Waals surface area contributed by atoms with Crippen LogP contribution in [0.15, 0.2) is 127 Å². The minimum Gasteiger partial charge on any atom is -0.508 e. The van der Waals surface area contributed by atoms with E-state index in [-0.39, 0.29) is 23.1 Å². The highest BCUT2D eigenvalue weighted by atomic mass is 16.5. The normalized spacial score (nSPS) is 10.1. The highest BCUT2D eigenvalue weighted by molar-refractivity contribution is 6.11. The first-order chi connectivity index (χ1) is 18.5. The third-order valence-electron chi connectivity index (χ3n) is 5.86. The van der Waals surface area contributed by atoms with E-state index in [4.69, 9.17) is 4.74 Å². The molecule has 5 heteroatoms. The van der Waals surface area contributed by atoms with Crippen molar-refractivity contribution in [2.24, 2.45) is 0 Å². The fraction of sp³-hybridized carbons (Fsp3) is 0.0303. The lowest BCUT2D eigenvalue weighted by Gasteiger charge is -2.07. The summed E-state index contributed by atoms with van der Waals surface area (Å²) in [7, 11) is 1.53. The molecule has 0 aliphatic heterocycles. The Balaban J connectivity index is 0.000000181. The molecule has 0 spiro atoms. The quantitative estimate of drug-likeness (QED) is 0.246. The van der Waals surface area contributed by atoms with Crippen LogP contribution in [-0.2, 0) is 0 Å². The zero-order chi connectivity index (χ0) is 26.9. The summed E-state index contributed by atoms with van der Waals surface area (Å²) in [5.41, 5.74) is 4.45. The van der Waals surface area contributed by atoms with Crippen LogP contribution in [0.3, 0.4) is 0 Å². The van der Waals surface area contributed by atoms with E-state index >= 15 is 0 Å². The van der Waals surface area contributed by atoms with E-state index in [1.54, 1.807) is 42.5 Å². The van der Waals surface area contributed by atoms with E-state index in [1.807, 2.05) is 60.7 Å². The number of benzene rings is 5. The zero-order valence-electron chi connectivity index (χ0n) is 20.7. The van der Waals surface area contributed by atoms with Crippen molar-refractivity contribution in [1.82, 2.24) is 0 Å². The minimum absolute atomic E-state index is 0.0467. The number of phenols is 2. The van der Waals surface area contributed by atoms with Gasteiger partial charge in [0.05, 0.1) is 12.7 Å². The lowest BCUT2D eigenvalue weighted by atomic mass is 9.99. The molecule has 0 radical (unpaired) electrons. The van der Waals surface area contributed by atoms with Gasteiger partial charge in [-0.15, -0.1) is 0 Å². The van der Waals surface area contributed by atoms with Crippen molar-refractivity contribution in [2.45, 2.75) is 0 Å². The Morgan fingerprint density at radius 2 is 0.921 bits per heavy atom. The SMILES string of the molecule is COc1ccccc1C(=O)c1ccc(O)cc1.O=C(c1ccc(O)cc1)c1ccc(-c2ccccc2)cc1. The number of aromatic hydroxyl groups is 2. The first-order valence-electron chi connectivity index (χ1n) is 11.9. The molecular weight excluding hydrogens is 476 g/mol. The maximum atomic E-state index is 12.3. The molecule has 0 aliphatic rings. The Bertz CT molecular complexity index is 1510. The molecule has 0 unspecified atom stereocenters. The molecule has 5 rings (SSSR count). The molecule has 0 aromatic heterocycles. The summed E-state index contributed by atoms with van der Waals surface area (Å²) in [5.74, 6) is 0.676. The number of methoxy groups -OCH3 is 1. The van der Waals surface area contributed by atoms with Gasteiger partial charge in [-0.1, -0.05) is 66.7 Å². The predicted octanol–water partition coefficient (Wildman–Crippen LogP) is 6.92. The van der Waals surface area contributed by atoms with Gasteiger partial charge in [0.1, 0.15) is 17.2 Å². The molecule has 188 valence electrons. The second-order valence-electron chi connectivity index (χ2n) is 8.40. The number of ether oxygens (including phenoxy) is 1. The average molecular weight is 503 g/mol. The van der Waals surface area contributed by atoms with Crippen molar-refractivity contribution < 1.29 is 24.5 Å². The predicted molar refractivity (Wildman–Crippen MR) is 148 cm³/mol. The monoisotopic (exact) mass is 502 g/mol. The average Bonchev–Trinajstić information content (AvgIpc) is 2.98. The van der Waals surface area contributed by atoms with Gasteiger partial charge in [0.15, 0.2) is 11.6 Å². The second-order valence-corrected chi connectivity index (χ2v) is 8.40. The number of hydrogen-bond donors (Lipinski definition) is 2. The van der Waals surface area contributed by atoms with Crippen molar-refractivity contribution in [3.05, 3.63) is 150 Å². The summed E-state index contributed by atoms with van der Waals surface area (Å²) in [6, 6.07) is 37.1. The van der Waals surface area contributed by atoms with Crippen molar-refractivity contribution in [3.8, 4) is 28.4 Å². The number of carbonyl (C=O) groups is 2. The van der Waals surface area contributed by atoms with Gasteiger partial charge in [-0.2, -0.15) is 0 Å². The number of carbonyl (C=O) groups excluding carboxylic acids is 2. The van der Waals surface area contributed by atoms with Gasteiger partial charge < -0.3 is 14.9 Å². The van der Waals surface area contributed by atoms with Crippen LogP contribution in [0.1, 0.15) is 31.8 Å². The molecule has 0 fully saturated rings. The molecule has 0 bridgehead atoms. The Kier molecular flexibility index (Phi) is 8.32. The maximum Gasteiger partial charge on any atom is 0.196 e. The maximum absolute atomic E-state index is 12.3. The van der Waals surface area contributed by atoms with E-state index < -0.39 is 0 Å². The first kappa shape index (κ1) is 25.9. The topological polar surface area (TPSA) is 83.8 Å². The lowest BCUT2D eigenvalue weighted by molar-refractivity contribution is 0.102. The number of phenolic OH excluding ortho intramolecular Hbond substituents is 2. The Morgan fingerprint density at radius 3 is 1.45 bits per heavy atom. The Hall–Kier alpha value is -5.16. The largest absolute Gasteiger partial charge is 0.508 e. The molecule has 0 atom stereocenters. The fourth-order valence-corrected chi connectivity index (χ4v) is 3.82. The van der Waals surface area contributed by atoms with Gasteiger partial charge >= 0.3 is 0 Å². The summed E-state index contributed by atoms with van der Waals surface area (Å²) < 4.78 is 5.14. The lowest BCUT2D eigenvalue weighted by Crippen LogP contribution is -2.03. The Labute approximate surface area is 221 Å². The first-order valence-corrected chi connectivity index (χ1v) is 11.9. The highest BCUT2D eigenvalue weighted by Gasteiger charge is 2.13. The summed E-state index contributed by atoms with van der Waals surface area (Å²) >= 11 is 0. The summed E-state index contributed by atoms with van der Waals surface area (Å²) in [6.45, 7) is 0. The Morgan fingerprint density at radius 1 is 0.500 bits per heavy atom. The molecule has 0 saturated carbocycles. The molecule has 0 amide bonds. The van der Waals surface area contributed by atoms with Crippen LogP contribution < -0.4 is 4.74 Å². The molecule has 5 aromatic carbocycles. The number of para-hydroxylation sites is 1. The second kappa shape index (κ2) is 12.2. The van der Waals surface area contributed by atoms with Crippen LogP contribution in [-0.4, -0.2) is 28.9 Å². The van der Waals surface area contributed by atoms with Crippen molar-refractivity contribution >= 4 is 11.6 Å². The van der Waals surface area contributed by atoms with Gasteiger partial charge in [0.25, 0.3) is 0 Å². The van der Waals surface area contributed by atoms with E-state index in [2.05, 4.69) is 0 Å². The summed E-state index contributed by atoms with van der Waals surface area (Å²) in [6.07, 6.45) is 0. The van der Waals surface area contributed by atoms with Gasteiger partial charge in [-0.05, 0) is 71.8 Å². The van der Waals surface area contributed by atoms with Gasteiger partial charge in [-0.25, -0.2) is 0 Å². The van der Waals surface area contributed by atoms with Gasteiger partial charge in [-0.3, -0.25) is 9.59 Å². The van der Waals surface area contributed by atoms with Crippen LogP contribution in [0, 0.1) is 0 Å². The molecule has 5 nitrogen and oxygen atoms in total. The summed E-state index contributed by atoms with van der Waals surface area (Å²) in [5, 5.41) is 18.4. The van der Waals surface area contributed by atoms with Crippen LogP contribution in [0.4, 0.5) is 0 Å². The van der Waals surface area contributed by atoms with Crippen molar-refractivity contribution in [2.75, 3.05) is 7.11 Å². The van der Waals surface area contributed by atoms with E-state index in [0.29, 0.717) is 28.0 Å². The van der Waals surface area contributed by atoms with Crippen molar-refractivity contribution in [1.29, 1.82) is 0 Å². The van der Waals surface area contributed by atoms with Gasteiger partial charge in [0, 0.05) is 16.7 Å². The molecule has 38 heavy (non-hydrogen) atoms. The van der Waals surface area contributed by atoms with Crippen LogP contribution in [0.2, 0.25) is 0 Å². The van der Waals surface area contributed by atoms with E-state index in [0.717, 1.165) is 11.1 Å². The molecule has 2 N–H and O–H groups in total. The van der Waals surface area contributed by atoms with E-state index in [9.17, 15) is 19.8 Å². The van der Waals surface area contributed by atoms with Crippen LogP contribution >= 0.6 is 0 Å². The fourth-order valence-electron chi connectivity index (χ4n) is 3.82. The molecule has 0 saturated heterocycles. The van der Waals surface area contributed by atoms with Crippen molar-refractivity contribution in [3.63, 3.8) is 0 Å². The third kappa shape index (κ3) is 6.33. The molecule has 5 aromatic rings. The molecular formula is C33H26O5. The van der Waals surface area contributed by atoms with E-state index in [1.165, 1.54) is 31.4 Å². The molecule has 0 aliphatic carbocycles. The highest BCUT2D eigenvalue weighted by Crippen LogP contribution is 2.23. The zero-order valence-corrected chi connectivity index (χ0v) is 20.7. The summed E-state index contributed by atoms with van der Waals surface area (Å²) in [4.78, 5) is 24.5. The smallest absolute Gasteiger partial charge is 0.196 e.